The molecule has 1 aromatic rings. The summed E-state index contributed by atoms with van der Waals surface area (Å²) in [6.45, 7) is 2.03. The van der Waals surface area contributed by atoms with E-state index in [9.17, 15) is 5.11 Å². The van der Waals surface area contributed by atoms with Gasteiger partial charge in [-0.25, -0.2) is 0 Å². The lowest BCUT2D eigenvalue weighted by atomic mass is 9.87. The Bertz CT molecular complexity index is 337. The molecule has 0 aliphatic heterocycles. The van der Waals surface area contributed by atoms with E-state index in [1.165, 1.54) is 18.5 Å². The van der Waals surface area contributed by atoms with Crippen LogP contribution in [0, 0.1) is 5.92 Å². The highest BCUT2D eigenvalue weighted by Gasteiger charge is 2.19. The van der Waals surface area contributed by atoms with Gasteiger partial charge in [0, 0.05) is 31.9 Å². The van der Waals surface area contributed by atoms with E-state index >= 15 is 0 Å². The molecule has 2 atom stereocenters. The lowest BCUT2D eigenvalue weighted by Gasteiger charge is -2.25. The van der Waals surface area contributed by atoms with Gasteiger partial charge < -0.3 is 10.4 Å². The molecule has 2 N–H and O–H groups in total. The number of rotatable bonds is 5. The average molecular weight is 237 g/mol. The van der Waals surface area contributed by atoms with Crippen LogP contribution >= 0.6 is 0 Å². The molecule has 1 aliphatic rings. The van der Waals surface area contributed by atoms with Crippen LogP contribution in [-0.4, -0.2) is 34.1 Å². The van der Waals surface area contributed by atoms with E-state index in [1.807, 2.05) is 17.9 Å². The van der Waals surface area contributed by atoms with Gasteiger partial charge in [0.1, 0.15) is 0 Å². The van der Waals surface area contributed by atoms with Gasteiger partial charge in [-0.1, -0.05) is 6.42 Å². The quantitative estimate of drug-likeness (QED) is 0.754. The zero-order valence-corrected chi connectivity index (χ0v) is 10.6. The fourth-order valence-electron chi connectivity index (χ4n) is 2.62. The summed E-state index contributed by atoms with van der Waals surface area (Å²) in [6, 6.07) is 2.06. The monoisotopic (exact) mass is 237 g/mol. The maximum Gasteiger partial charge on any atom is 0.0543 e. The molecule has 96 valence electrons. The summed E-state index contributed by atoms with van der Waals surface area (Å²) in [5.41, 5.74) is 1.26. The highest BCUT2D eigenvalue weighted by molar-refractivity contribution is 5.00. The van der Waals surface area contributed by atoms with Crippen LogP contribution in [0.5, 0.6) is 0 Å². The van der Waals surface area contributed by atoms with E-state index in [2.05, 4.69) is 16.5 Å². The Morgan fingerprint density at radius 3 is 3.12 bits per heavy atom. The minimum Gasteiger partial charge on any atom is -0.393 e. The first-order chi connectivity index (χ1) is 8.25. The molecule has 0 saturated heterocycles. The second kappa shape index (κ2) is 6.17. The third-order valence-electron chi connectivity index (χ3n) is 3.67. The van der Waals surface area contributed by atoms with Gasteiger partial charge in [-0.3, -0.25) is 4.68 Å². The van der Waals surface area contributed by atoms with Gasteiger partial charge in [-0.2, -0.15) is 5.10 Å². The highest BCUT2D eigenvalue weighted by Crippen LogP contribution is 2.23. The van der Waals surface area contributed by atoms with Crippen molar-refractivity contribution in [3.63, 3.8) is 0 Å². The van der Waals surface area contributed by atoms with Gasteiger partial charge in [0.15, 0.2) is 0 Å². The third-order valence-corrected chi connectivity index (χ3v) is 3.67. The first kappa shape index (κ1) is 12.6. The van der Waals surface area contributed by atoms with Crippen LogP contribution in [0.2, 0.25) is 0 Å². The summed E-state index contributed by atoms with van der Waals surface area (Å²) in [6.07, 6.45) is 7.20. The van der Waals surface area contributed by atoms with E-state index in [4.69, 9.17) is 0 Å². The molecule has 2 rings (SSSR count). The first-order valence-corrected chi connectivity index (χ1v) is 6.61. The van der Waals surface area contributed by atoms with Crippen molar-refractivity contribution in [2.75, 3.05) is 13.1 Å². The van der Waals surface area contributed by atoms with Crippen molar-refractivity contribution in [3.8, 4) is 0 Å². The van der Waals surface area contributed by atoms with Crippen molar-refractivity contribution >= 4 is 0 Å². The molecule has 1 saturated carbocycles. The van der Waals surface area contributed by atoms with Crippen molar-refractivity contribution in [2.45, 2.75) is 38.2 Å². The van der Waals surface area contributed by atoms with Crippen LogP contribution in [0.1, 0.15) is 31.4 Å². The number of nitrogens with one attached hydrogen (secondary N) is 1. The Labute approximate surface area is 103 Å². The molecule has 1 aliphatic carbocycles. The van der Waals surface area contributed by atoms with Crippen LogP contribution in [0.4, 0.5) is 0 Å². The lowest BCUT2D eigenvalue weighted by Crippen LogP contribution is -2.30. The number of hydrogen-bond donors (Lipinski definition) is 2. The number of aliphatic hydroxyl groups is 1. The van der Waals surface area contributed by atoms with Gasteiger partial charge in [0.25, 0.3) is 0 Å². The standard InChI is InChI=1S/C13H23N3O/c1-16-12(6-8-15-16)5-7-14-10-11-3-2-4-13(17)9-11/h6,8,11,13-14,17H,2-5,7,9-10H2,1H3. The zero-order chi connectivity index (χ0) is 12.1. The van der Waals surface area contributed by atoms with Crippen molar-refractivity contribution < 1.29 is 5.11 Å². The van der Waals surface area contributed by atoms with Crippen molar-refractivity contribution in [1.82, 2.24) is 15.1 Å². The van der Waals surface area contributed by atoms with Gasteiger partial charge >= 0.3 is 0 Å². The Kier molecular flexibility index (Phi) is 4.57. The van der Waals surface area contributed by atoms with E-state index in [1.54, 1.807) is 0 Å². The predicted molar refractivity (Wildman–Crippen MR) is 67.7 cm³/mol. The summed E-state index contributed by atoms with van der Waals surface area (Å²) in [5, 5.41) is 17.2. The van der Waals surface area contributed by atoms with Crippen LogP contribution in [-0.2, 0) is 13.5 Å². The molecular formula is C13H23N3O. The van der Waals surface area contributed by atoms with Crippen molar-refractivity contribution in [2.24, 2.45) is 13.0 Å². The van der Waals surface area contributed by atoms with Gasteiger partial charge in [-0.15, -0.1) is 0 Å². The van der Waals surface area contributed by atoms with E-state index in [0.717, 1.165) is 32.4 Å². The lowest BCUT2D eigenvalue weighted by molar-refractivity contribution is 0.101. The molecule has 4 heteroatoms. The molecule has 17 heavy (non-hydrogen) atoms. The van der Waals surface area contributed by atoms with Crippen molar-refractivity contribution in [3.05, 3.63) is 18.0 Å². The predicted octanol–water partition coefficient (Wildman–Crippen LogP) is 1.10. The molecule has 2 unspecified atom stereocenters. The number of hydrogen-bond acceptors (Lipinski definition) is 3. The smallest absolute Gasteiger partial charge is 0.0543 e. The zero-order valence-electron chi connectivity index (χ0n) is 10.6. The maximum absolute atomic E-state index is 9.58. The first-order valence-electron chi connectivity index (χ1n) is 6.61. The highest BCUT2D eigenvalue weighted by atomic mass is 16.3. The van der Waals surface area contributed by atoms with Crippen molar-refractivity contribution in [1.29, 1.82) is 0 Å². The molecule has 1 heterocycles. The Morgan fingerprint density at radius 1 is 1.53 bits per heavy atom. The van der Waals surface area contributed by atoms with E-state index in [-0.39, 0.29) is 6.10 Å². The van der Waals surface area contributed by atoms with Gasteiger partial charge in [0.2, 0.25) is 0 Å². The molecule has 0 radical (unpaired) electrons. The minimum absolute atomic E-state index is 0.0624. The molecular weight excluding hydrogens is 214 g/mol. The van der Waals surface area contributed by atoms with Crippen LogP contribution in [0.25, 0.3) is 0 Å². The molecule has 1 fully saturated rings. The summed E-state index contributed by atoms with van der Waals surface area (Å²) in [7, 11) is 1.98. The SMILES string of the molecule is Cn1nccc1CCNCC1CCCC(O)C1. The molecule has 0 bridgehead atoms. The number of aromatic nitrogens is 2. The second-order valence-electron chi connectivity index (χ2n) is 5.09. The number of aliphatic hydroxyl groups excluding tert-OH is 1. The normalized spacial score (nSPS) is 25.1. The van der Waals surface area contributed by atoms with Crippen LogP contribution in [0.3, 0.4) is 0 Å². The Balaban J connectivity index is 1.61. The summed E-state index contributed by atoms with van der Waals surface area (Å²) in [4.78, 5) is 0. The largest absolute Gasteiger partial charge is 0.393 e. The van der Waals surface area contributed by atoms with Gasteiger partial charge in [-0.05, 0) is 37.8 Å². The molecule has 0 aromatic carbocycles. The Hall–Kier alpha value is -0.870. The van der Waals surface area contributed by atoms with Gasteiger partial charge in [0.05, 0.1) is 6.10 Å². The van der Waals surface area contributed by atoms with E-state index < -0.39 is 0 Å². The van der Waals surface area contributed by atoms with E-state index in [0.29, 0.717) is 5.92 Å². The third kappa shape index (κ3) is 3.82. The molecule has 4 nitrogen and oxygen atoms in total. The van der Waals surface area contributed by atoms with Crippen LogP contribution in [0.15, 0.2) is 12.3 Å². The molecule has 0 amide bonds. The topological polar surface area (TPSA) is 50.1 Å². The minimum atomic E-state index is -0.0624. The summed E-state index contributed by atoms with van der Waals surface area (Å²) < 4.78 is 1.92. The summed E-state index contributed by atoms with van der Waals surface area (Å²) in [5.74, 6) is 0.658. The molecule has 0 spiro atoms. The second-order valence-corrected chi connectivity index (χ2v) is 5.09. The fourth-order valence-corrected chi connectivity index (χ4v) is 2.62. The Morgan fingerprint density at radius 2 is 2.41 bits per heavy atom. The number of nitrogens with zero attached hydrogens (tertiary/aromatic N) is 2. The fraction of sp³-hybridized carbons (Fsp3) is 0.769. The average Bonchev–Trinajstić information content (AvgIpc) is 2.71. The number of aryl methyl sites for hydroxylation is 1. The molecule has 1 aromatic heterocycles. The summed E-state index contributed by atoms with van der Waals surface area (Å²) >= 11 is 0. The maximum atomic E-state index is 9.58. The van der Waals surface area contributed by atoms with Crippen LogP contribution < -0.4 is 5.32 Å².